The van der Waals surface area contributed by atoms with Gasteiger partial charge in [-0.05, 0) is 19.2 Å². The van der Waals surface area contributed by atoms with E-state index in [0.717, 1.165) is 25.9 Å². The molecule has 2 aliphatic rings. The van der Waals surface area contributed by atoms with Gasteiger partial charge in [-0.1, -0.05) is 6.07 Å². The molecule has 16 heavy (non-hydrogen) atoms. The minimum Gasteiger partial charge on any atom is -0.327 e. The number of hydrogen-bond acceptors (Lipinski definition) is 3. The van der Waals surface area contributed by atoms with Gasteiger partial charge >= 0.3 is 0 Å². The number of rotatable bonds is 0. The normalized spacial score (nSPS) is 21.9. The summed E-state index contributed by atoms with van der Waals surface area (Å²) in [7, 11) is 0. The lowest BCUT2D eigenvalue weighted by Gasteiger charge is -2.35. The third-order valence-electron chi connectivity index (χ3n) is 3.39. The summed E-state index contributed by atoms with van der Waals surface area (Å²) < 4.78 is 1.62. The van der Waals surface area contributed by atoms with Crippen molar-refractivity contribution in [3.8, 4) is 0 Å². The molecule has 0 radical (unpaired) electrons. The Kier molecular flexibility index (Phi) is 1.91. The summed E-state index contributed by atoms with van der Waals surface area (Å²) in [5, 5.41) is 6.19. The molecule has 1 fully saturated rings. The zero-order valence-corrected chi connectivity index (χ0v) is 8.82. The van der Waals surface area contributed by atoms with Crippen LogP contribution in [0.15, 0.2) is 23.0 Å². The van der Waals surface area contributed by atoms with Crippen molar-refractivity contribution in [2.24, 2.45) is 0 Å². The average molecular weight is 219 g/mol. The molecule has 0 aromatic carbocycles. The van der Waals surface area contributed by atoms with Crippen molar-refractivity contribution in [3.63, 3.8) is 0 Å². The predicted molar refractivity (Wildman–Crippen MR) is 58.2 cm³/mol. The molecule has 84 valence electrons. The molecule has 0 bridgehead atoms. The highest BCUT2D eigenvalue weighted by Crippen LogP contribution is 2.29. The van der Waals surface area contributed by atoms with E-state index in [1.165, 1.54) is 6.07 Å². The van der Waals surface area contributed by atoms with Crippen LogP contribution in [0.25, 0.3) is 0 Å². The zero-order valence-electron chi connectivity index (χ0n) is 8.82. The maximum Gasteiger partial charge on any atom is 0.269 e. The number of nitrogens with zero attached hydrogens (tertiary/aromatic N) is 1. The second-order valence-corrected chi connectivity index (χ2v) is 4.32. The fourth-order valence-electron chi connectivity index (χ4n) is 2.63. The number of carbonyl (C=O) groups excluding carboxylic acids is 1. The zero-order chi connectivity index (χ0) is 11.2. The fourth-order valence-corrected chi connectivity index (χ4v) is 2.63. The first-order valence-corrected chi connectivity index (χ1v) is 5.49. The summed E-state index contributed by atoms with van der Waals surface area (Å²) in [5.41, 5.74) is -0.108. The summed E-state index contributed by atoms with van der Waals surface area (Å²) in [6.45, 7) is 1.64. The third kappa shape index (κ3) is 1.15. The molecule has 1 aromatic heterocycles. The number of pyridine rings is 1. The number of piperidine rings is 1. The Balaban J connectivity index is 2.20. The Bertz CT molecular complexity index is 500. The van der Waals surface area contributed by atoms with E-state index in [2.05, 4.69) is 10.6 Å². The van der Waals surface area contributed by atoms with Gasteiger partial charge in [0.2, 0.25) is 0 Å². The van der Waals surface area contributed by atoms with Gasteiger partial charge < -0.3 is 10.6 Å². The molecule has 2 N–H and O–H groups in total. The van der Waals surface area contributed by atoms with Crippen LogP contribution in [-0.2, 0) is 5.66 Å². The van der Waals surface area contributed by atoms with E-state index in [1.807, 2.05) is 0 Å². The number of hydrogen-bond donors (Lipinski definition) is 2. The SMILES string of the molecule is O=C1NC2(CCNCC2)n2c1cccc2=O. The van der Waals surface area contributed by atoms with E-state index in [-0.39, 0.29) is 11.5 Å². The van der Waals surface area contributed by atoms with Crippen LogP contribution in [0.2, 0.25) is 0 Å². The van der Waals surface area contributed by atoms with Crippen LogP contribution in [0.3, 0.4) is 0 Å². The van der Waals surface area contributed by atoms with E-state index >= 15 is 0 Å². The molecule has 3 heterocycles. The molecule has 3 rings (SSSR count). The van der Waals surface area contributed by atoms with Crippen LogP contribution in [0, 0.1) is 0 Å². The van der Waals surface area contributed by atoms with Crippen LogP contribution in [0.4, 0.5) is 0 Å². The van der Waals surface area contributed by atoms with E-state index in [1.54, 1.807) is 16.7 Å². The highest BCUT2D eigenvalue weighted by Gasteiger charge is 2.43. The largest absolute Gasteiger partial charge is 0.327 e. The first-order valence-electron chi connectivity index (χ1n) is 5.49. The summed E-state index contributed by atoms with van der Waals surface area (Å²) in [5.74, 6) is -0.139. The highest BCUT2D eigenvalue weighted by molar-refractivity contribution is 5.95. The third-order valence-corrected chi connectivity index (χ3v) is 3.39. The van der Waals surface area contributed by atoms with Gasteiger partial charge in [0, 0.05) is 18.9 Å². The molecule has 1 spiro atoms. The lowest BCUT2D eigenvalue weighted by Crippen LogP contribution is -2.53. The average Bonchev–Trinajstić information content (AvgIpc) is 2.55. The summed E-state index contributed by atoms with van der Waals surface area (Å²) in [6.07, 6.45) is 1.52. The van der Waals surface area contributed by atoms with E-state index in [0.29, 0.717) is 5.69 Å². The first-order chi connectivity index (χ1) is 7.73. The predicted octanol–water partition coefficient (Wildman–Crippen LogP) is -0.372. The summed E-state index contributed by atoms with van der Waals surface area (Å²) in [4.78, 5) is 23.7. The molecule has 1 amide bonds. The van der Waals surface area contributed by atoms with Crippen molar-refractivity contribution in [1.82, 2.24) is 15.2 Å². The molecular weight excluding hydrogens is 206 g/mol. The second kappa shape index (κ2) is 3.18. The van der Waals surface area contributed by atoms with Crippen molar-refractivity contribution in [2.45, 2.75) is 18.5 Å². The van der Waals surface area contributed by atoms with Gasteiger partial charge in [-0.15, -0.1) is 0 Å². The van der Waals surface area contributed by atoms with Crippen LogP contribution in [0.1, 0.15) is 23.3 Å². The molecule has 1 aromatic rings. The van der Waals surface area contributed by atoms with Crippen LogP contribution in [0.5, 0.6) is 0 Å². The van der Waals surface area contributed by atoms with Crippen molar-refractivity contribution in [3.05, 3.63) is 34.2 Å². The molecule has 2 aliphatic heterocycles. The van der Waals surface area contributed by atoms with Gasteiger partial charge in [0.05, 0.1) is 0 Å². The highest BCUT2D eigenvalue weighted by atomic mass is 16.2. The van der Waals surface area contributed by atoms with Gasteiger partial charge in [0.15, 0.2) is 0 Å². The summed E-state index contributed by atoms with van der Waals surface area (Å²) >= 11 is 0. The Morgan fingerprint density at radius 2 is 1.94 bits per heavy atom. The van der Waals surface area contributed by atoms with Crippen LogP contribution < -0.4 is 16.2 Å². The Morgan fingerprint density at radius 3 is 2.69 bits per heavy atom. The van der Waals surface area contributed by atoms with Crippen LogP contribution >= 0.6 is 0 Å². The lowest BCUT2D eigenvalue weighted by molar-refractivity contribution is 0.0886. The van der Waals surface area contributed by atoms with E-state index in [4.69, 9.17) is 0 Å². The maximum atomic E-state index is 11.9. The lowest BCUT2D eigenvalue weighted by atomic mass is 9.98. The number of amides is 1. The van der Waals surface area contributed by atoms with Crippen LogP contribution in [-0.4, -0.2) is 23.6 Å². The first kappa shape index (κ1) is 9.59. The molecule has 0 saturated carbocycles. The van der Waals surface area contributed by atoms with Gasteiger partial charge in [-0.2, -0.15) is 0 Å². The molecular formula is C11H13N3O2. The summed E-state index contributed by atoms with van der Waals surface area (Å²) in [6, 6.07) is 4.84. The number of nitrogens with one attached hydrogen (secondary N) is 2. The second-order valence-electron chi connectivity index (χ2n) is 4.32. The molecule has 0 aliphatic carbocycles. The minimum atomic E-state index is -0.490. The maximum absolute atomic E-state index is 11.9. The topological polar surface area (TPSA) is 63.1 Å². The van der Waals surface area contributed by atoms with Crippen molar-refractivity contribution in [1.29, 1.82) is 0 Å². The Hall–Kier alpha value is -1.62. The van der Waals surface area contributed by atoms with Crippen molar-refractivity contribution in [2.75, 3.05) is 13.1 Å². The van der Waals surface area contributed by atoms with Crippen molar-refractivity contribution >= 4 is 5.91 Å². The monoisotopic (exact) mass is 219 g/mol. The van der Waals surface area contributed by atoms with E-state index in [9.17, 15) is 9.59 Å². The Morgan fingerprint density at radius 1 is 1.19 bits per heavy atom. The minimum absolute atomic E-state index is 0.0993. The molecule has 1 saturated heterocycles. The Labute approximate surface area is 92.5 Å². The van der Waals surface area contributed by atoms with Gasteiger partial charge in [-0.3, -0.25) is 14.2 Å². The molecule has 0 atom stereocenters. The quantitative estimate of drug-likeness (QED) is 0.625. The number of carbonyl (C=O) groups is 1. The smallest absolute Gasteiger partial charge is 0.269 e. The molecule has 0 unspecified atom stereocenters. The number of aromatic nitrogens is 1. The standard InChI is InChI=1S/C11H13N3O2/c15-9-3-1-2-8-10(16)13-11(14(8)9)4-6-12-7-5-11/h1-3,12H,4-7H2,(H,13,16). The molecule has 5 heteroatoms. The number of fused-ring (bicyclic) bond motifs is 2. The fraction of sp³-hybridized carbons (Fsp3) is 0.455. The van der Waals surface area contributed by atoms with Gasteiger partial charge in [0.25, 0.3) is 11.5 Å². The molecule has 5 nitrogen and oxygen atoms in total. The van der Waals surface area contributed by atoms with Gasteiger partial charge in [-0.25, -0.2) is 0 Å². The van der Waals surface area contributed by atoms with E-state index < -0.39 is 5.66 Å². The van der Waals surface area contributed by atoms with Crippen molar-refractivity contribution < 1.29 is 4.79 Å². The van der Waals surface area contributed by atoms with Gasteiger partial charge in [0.1, 0.15) is 11.4 Å².